The van der Waals surface area contributed by atoms with E-state index in [9.17, 15) is 4.79 Å². The number of aromatic nitrogens is 1. The highest BCUT2D eigenvalue weighted by atomic mass is 16.5. The zero-order valence-corrected chi connectivity index (χ0v) is 10.0. The van der Waals surface area contributed by atoms with Crippen LogP contribution in [0.15, 0.2) is 15.7 Å². The minimum atomic E-state index is -0.288. The van der Waals surface area contributed by atoms with E-state index in [1.807, 2.05) is 0 Å². The van der Waals surface area contributed by atoms with E-state index in [1.165, 1.54) is 4.90 Å². The molecule has 0 aromatic carbocycles. The van der Waals surface area contributed by atoms with Crippen molar-refractivity contribution in [3.05, 3.63) is 17.5 Å². The second-order valence-electron chi connectivity index (χ2n) is 3.89. The highest BCUT2D eigenvalue weighted by Crippen LogP contribution is 2.09. The number of rotatable bonds is 4. The van der Waals surface area contributed by atoms with Crippen molar-refractivity contribution in [3.63, 3.8) is 0 Å². The van der Waals surface area contributed by atoms with Gasteiger partial charge in [0.2, 0.25) is 5.76 Å². The molecule has 94 valence electrons. The summed E-state index contributed by atoms with van der Waals surface area (Å²) in [7, 11) is 1.62. The Bertz CT molecular complexity index is 427. The van der Waals surface area contributed by atoms with Crippen molar-refractivity contribution in [2.75, 3.05) is 7.05 Å². The van der Waals surface area contributed by atoms with Crippen LogP contribution in [0.25, 0.3) is 0 Å². The Morgan fingerprint density at radius 3 is 2.88 bits per heavy atom. The number of carbonyl (C=O) groups excluding carboxylic acids is 1. The van der Waals surface area contributed by atoms with Gasteiger partial charge in [0.25, 0.3) is 5.91 Å². The Hall–Kier alpha value is -2.05. The molecular weight excluding hydrogens is 224 g/mol. The van der Waals surface area contributed by atoms with Gasteiger partial charge in [-0.15, -0.1) is 0 Å². The zero-order valence-electron chi connectivity index (χ0n) is 10.0. The van der Waals surface area contributed by atoms with Crippen LogP contribution < -0.4 is 5.73 Å². The van der Waals surface area contributed by atoms with Gasteiger partial charge in [0.05, 0.1) is 5.69 Å². The number of hydrogen-bond donors (Lipinski definition) is 2. The van der Waals surface area contributed by atoms with Crippen molar-refractivity contribution in [2.45, 2.75) is 26.3 Å². The summed E-state index contributed by atoms with van der Waals surface area (Å²) in [5.74, 6) is -0.0360. The molecule has 3 N–H and O–H groups in total. The number of nitrogens with two attached hydrogens (primary N) is 1. The number of oxime groups is 1. The first-order chi connectivity index (χ1) is 7.95. The molecule has 17 heavy (non-hydrogen) atoms. The molecule has 7 nitrogen and oxygen atoms in total. The van der Waals surface area contributed by atoms with E-state index in [1.54, 1.807) is 27.0 Å². The maximum absolute atomic E-state index is 11.9. The van der Waals surface area contributed by atoms with E-state index < -0.39 is 0 Å². The molecule has 1 aromatic heterocycles. The zero-order chi connectivity index (χ0) is 13.0. The molecule has 1 amide bonds. The molecule has 0 saturated carbocycles. The molecular formula is C10H16N4O3. The van der Waals surface area contributed by atoms with Crippen LogP contribution in [-0.4, -0.2) is 40.1 Å². The maximum Gasteiger partial charge on any atom is 0.292 e. The van der Waals surface area contributed by atoms with Crippen molar-refractivity contribution in [3.8, 4) is 0 Å². The first kappa shape index (κ1) is 13.0. The Morgan fingerprint density at radius 1 is 1.76 bits per heavy atom. The highest BCUT2D eigenvalue weighted by molar-refractivity contribution is 5.92. The SMILES string of the molecule is Cc1cc(C(=O)N(C)C(C)CC(N)=NO)on1. The topological polar surface area (TPSA) is 105 Å². The van der Waals surface area contributed by atoms with E-state index in [4.69, 9.17) is 15.5 Å². The minimum absolute atomic E-state index is 0.0749. The average Bonchev–Trinajstić information content (AvgIpc) is 2.73. The minimum Gasteiger partial charge on any atom is -0.409 e. The third-order valence-electron chi connectivity index (χ3n) is 2.45. The summed E-state index contributed by atoms with van der Waals surface area (Å²) in [5.41, 5.74) is 6.03. The highest BCUT2D eigenvalue weighted by Gasteiger charge is 2.21. The molecule has 1 atom stereocenters. The van der Waals surface area contributed by atoms with Crippen molar-refractivity contribution in [2.24, 2.45) is 10.9 Å². The van der Waals surface area contributed by atoms with Crippen molar-refractivity contribution in [1.82, 2.24) is 10.1 Å². The van der Waals surface area contributed by atoms with Crippen LogP contribution in [0.5, 0.6) is 0 Å². The Kier molecular flexibility index (Phi) is 4.08. The van der Waals surface area contributed by atoms with Crippen molar-refractivity contribution >= 4 is 11.7 Å². The van der Waals surface area contributed by atoms with Gasteiger partial charge in [-0.3, -0.25) is 4.79 Å². The Morgan fingerprint density at radius 2 is 2.41 bits per heavy atom. The fourth-order valence-corrected chi connectivity index (χ4v) is 1.32. The maximum atomic E-state index is 11.9. The average molecular weight is 240 g/mol. The van der Waals surface area contributed by atoms with E-state index >= 15 is 0 Å². The van der Waals surface area contributed by atoms with Crippen LogP contribution >= 0.6 is 0 Å². The lowest BCUT2D eigenvalue weighted by atomic mass is 10.2. The molecule has 0 aliphatic rings. The number of amides is 1. The number of hydrogen-bond acceptors (Lipinski definition) is 5. The Balaban J connectivity index is 2.69. The molecule has 0 fully saturated rings. The van der Waals surface area contributed by atoms with Gasteiger partial charge in [-0.1, -0.05) is 10.3 Å². The molecule has 0 saturated heterocycles. The van der Waals surface area contributed by atoms with Gasteiger partial charge in [0.15, 0.2) is 0 Å². The van der Waals surface area contributed by atoms with E-state index in [0.29, 0.717) is 5.69 Å². The summed E-state index contributed by atoms with van der Waals surface area (Å²) in [5, 5.41) is 15.0. The molecule has 0 bridgehead atoms. The van der Waals surface area contributed by atoms with Gasteiger partial charge < -0.3 is 20.4 Å². The van der Waals surface area contributed by atoms with Crippen LogP contribution in [0.4, 0.5) is 0 Å². The van der Waals surface area contributed by atoms with Gasteiger partial charge in [-0.25, -0.2) is 0 Å². The molecule has 0 radical (unpaired) electrons. The Labute approximate surface area is 98.9 Å². The lowest BCUT2D eigenvalue weighted by molar-refractivity contribution is 0.0705. The molecule has 0 aliphatic carbocycles. The van der Waals surface area contributed by atoms with Gasteiger partial charge in [0.1, 0.15) is 5.84 Å². The first-order valence-electron chi connectivity index (χ1n) is 5.12. The standard InChI is InChI=1S/C10H16N4O3/c1-6-4-8(17-13-6)10(15)14(3)7(2)5-9(11)12-16/h4,7,16H,5H2,1-3H3,(H2,11,12). The van der Waals surface area contributed by atoms with Crippen molar-refractivity contribution < 1.29 is 14.5 Å². The van der Waals surface area contributed by atoms with E-state index in [2.05, 4.69) is 10.3 Å². The largest absolute Gasteiger partial charge is 0.409 e. The normalized spacial score (nSPS) is 13.5. The summed E-state index contributed by atoms with van der Waals surface area (Å²) in [6.07, 6.45) is 0.284. The van der Waals surface area contributed by atoms with Crippen LogP contribution in [0.2, 0.25) is 0 Å². The fraction of sp³-hybridized carbons (Fsp3) is 0.500. The molecule has 7 heteroatoms. The first-order valence-corrected chi connectivity index (χ1v) is 5.12. The van der Waals surface area contributed by atoms with Crippen molar-refractivity contribution in [1.29, 1.82) is 0 Å². The summed E-state index contributed by atoms with van der Waals surface area (Å²) in [6, 6.07) is 1.36. The lowest BCUT2D eigenvalue weighted by Gasteiger charge is -2.23. The molecule has 1 heterocycles. The summed E-state index contributed by atoms with van der Waals surface area (Å²) < 4.78 is 4.88. The van der Waals surface area contributed by atoms with Crippen LogP contribution in [0.3, 0.4) is 0 Å². The van der Waals surface area contributed by atoms with E-state index in [0.717, 1.165) is 0 Å². The quantitative estimate of drug-likeness (QED) is 0.346. The molecule has 1 aromatic rings. The van der Waals surface area contributed by atoms with Crippen LogP contribution in [0, 0.1) is 6.92 Å². The van der Waals surface area contributed by atoms with Crippen LogP contribution in [0.1, 0.15) is 29.6 Å². The molecule has 0 spiro atoms. The monoisotopic (exact) mass is 240 g/mol. The molecule has 0 aliphatic heterocycles. The van der Waals surface area contributed by atoms with Gasteiger partial charge in [-0.05, 0) is 13.8 Å². The second-order valence-corrected chi connectivity index (χ2v) is 3.89. The number of carbonyl (C=O) groups is 1. The third kappa shape index (κ3) is 3.20. The van der Waals surface area contributed by atoms with Gasteiger partial charge >= 0.3 is 0 Å². The fourth-order valence-electron chi connectivity index (χ4n) is 1.32. The molecule has 1 rings (SSSR count). The van der Waals surface area contributed by atoms with E-state index in [-0.39, 0.29) is 30.0 Å². The summed E-state index contributed by atoms with van der Waals surface area (Å²) in [6.45, 7) is 3.53. The number of aryl methyl sites for hydroxylation is 1. The van der Waals surface area contributed by atoms with Gasteiger partial charge in [0, 0.05) is 25.6 Å². The second kappa shape index (κ2) is 5.33. The lowest BCUT2D eigenvalue weighted by Crippen LogP contribution is -2.37. The predicted molar refractivity (Wildman–Crippen MR) is 60.8 cm³/mol. The van der Waals surface area contributed by atoms with Crippen LogP contribution in [-0.2, 0) is 0 Å². The molecule has 1 unspecified atom stereocenters. The number of nitrogens with zero attached hydrogens (tertiary/aromatic N) is 3. The summed E-state index contributed by atoms with van der Waals surface area (Å²) >= 11 is 0. The predicted octanol–water partition coefficient (Wildman–Crippen LogP) is 0.580. The number of amidine groups is 1. The smallest absolute Gasteiger partial charge is 0.292 e. The third-order valence-corrected chi connectivity index (χ3v) is 2.45. The summed E-state index contributed by atoms with van der Waals surface area (Å²) in [4.78, 5) is 13.4. The van der Waals surface area contributed by atoms with Gasteiger partial charge in [-0.2, -0.15) is 0 Å².